The Bertz CT molecular complexity index is 114. The van der Waals surface area contributed by atoms with Crippen LogP contribution in [0.2, 0.25) is 0 Å². The predicted octanol–water partition coefficient (Wildman–Crippen LogP) is 4.32. The lowest BCUT2D eigenvalue weighted by molar-refractivity contribution is 0.196. The van der Waals surface area contributed by atoms with Crippen molar-refractivity contribution in [2.24, 2.45) is 17.3 Å². The maximum Gasteiger partial charge on any atom is 0.0279 e. The first kappa shape index (κ1) is 12.3. The maximum absolute atomic E-state index is 5.99. The lowest BCUT2D eigenvalue weighted by atomic mass is 9.74. The molecule has 0 aliphatic carbocycles. The molecule has 0 aromatic carbocycles. The van der Waals surface area contributed by atoms with Gasteiger partial charge < -0.3 is 0 Å². The van der Waals surface area contributed by atoms with Crippen LogP contribution in [0, 0.1) is 17.3 Å². The molecule has 0 aliphatic heterocycles. The van der Waals surface area contributed by atoms with Crippen molar-refractivity contribution >= 4 is 11.6 Å². The van der Waals surface area contributed by atoms with Gasteiger partial charge in [0.05, 0.1) is 0 Å². The van der Waals surface area contributed by atoms with Gasteiger partial charge in [0, 0.05) is 5.88 Å². The average molecular weight is 191 g/mol. The molecule has 0 heterocycles. The van der Waals surface area contributed by atoms with Gasteiger partial charge in [-0.25, -0.2) is 0 Å². The quantitative estimate of drug-likeness (QED) is 0.567. The molecule has 2 atom stereocenters. The molecule has 0 N–H and O–H groups in total. The van der Waals surface area contributed by atoms with Crippen LogP contribution in [0.3, 0.4) is 0 Å². The van der Waals surface area contributed by atoms with Crippen LogP contribution in [0.15, 0.2) is 0 Å². The van der Waals surface area contributed by atoms with E-state index in [1.165, 1.54) is 12.8 Å². The van der Waals surface area contributed by atoms with Crippen molar-refractivity contribution in [1.29, 1.82) is 0 Å². The summed E-state index contributed by atoms with van der Waals surface area (Å²) in [4.78, 5) is 0. The van der Waals surface area contributed by atoms with Gasteiger partial charge >= 0.3 is 0 Å². The fourth-order valence-corrected chi connectivity index (χ4v) is 2.02. The summed E-state index contributed by atoms with van der Waals surface area (Å²) in [7, 11) is 0. The summed E-state index contributed by atoms with van der Waals surface area (Å²) in [6.07, 6.45) is 2.47. The zero-order chi connectivity index (χ0) is 9.78. The van der Waals surface area contributed by atoms with Crippen molar-refractivity contribution in [3.63, 3.8) is 0 Å². The van der Waals surface area contributed by atoms with Crippen LogP contribution in [-0.2, 0) is 0 Å². The summed E-state index contributed by atoms with van der Waals surface area (Å²) in [5.74, 6) is 2.31. The van der Waals surface area contributed by atoms with E-state index in [9.17, 15) is 0 Å². The molecule has 0 saturated heterocycles. The van der Waals surface area contributed by atoms with E-state index < -0.39 is 0 Å². The normalized spacial score (nSPS) is 19.2. The molecule has 0 bridgehead atoms. The molecule has 0 radical (unpaired) electrons. The Morgan fingerprint density at radius 2 is 1.75 bits per heavy atom. The molecule has 0 rings (SSSR count). The minimum atomic E-state index is 0.339. The van der Waals surface area contributed by atoms with Crippen LogP contribution in [0.4, 0.5) is 0 Å². The van der Waals surface area contributed by atoms with Crippen molar-refractivity contribution in [2.45, 2.75) is 47.5 Å². The second-order valence-corrected chi connectivity index (χ2v) is 4.94. The molecule has 0 amide bonds. The predicted molar refractivity (Wildman–Crippen MR) is 57.7 cm³/mol. The van der Waals surface area contributed by atoms with E-state index >= 15 is 0 Å². The minimum Gasteiger partial charge on any atom is -0.126 e. The summed E-state index contributed by atoms with van der Waals surface area (Å²) < 4.78 is 0. The Kier molecular flexibility index (Phi) is 5.24. The van der Waals surface area contributed by atoms with E-state index in [-0.39, 0.29) is 0 Å². The van der Waals surface area contributed by atoms with Gasteiger partial charge in [-0.1, -0.05) is 34.6 Å². The SMILES string of the molecule is CCC(C)(CCl)C(C)CC(C)C. The summed E-state index contributed by atoms with van der Waals surface area (Å²) >= 11 is 5.99. The third-order valence-corrected chi connectivity index (χ3v) is 3.74. The molecule has 0 fully saturated rings. The molecule has 0 spiro atoms. The second-order valence-electron chi connectivity index (χ2n) is 4.67. The molecule has 0 aromatic rings. The fourth-order valence-electron chi connectivity index (χ4n) is 1.57. The van der Waals surface area contributed by atoms with Gasteiger partial charge in [-0.3, -0.25) is 0 Å². The highest BCUT2D eigenvalue weighted by molar-refractivity contribution is 6.18. The van der Waals surface area contributed by atoms with Gasteiger partial charge in [0.1, 0.15) is 0 Å². The first-order valence-electron chi connectivity index (χ1n) is 5.02. The van der Waals surface area contributed by atoms with Crippen molar-refractivity contribution < 1.29 is 0 Å². The Hall–Kier alpha value is 0.290. The molecular weight excluding hydrogens is 168 g/mol. The van der Waals surface area contributed by atoms with Gasteiger partial charge in [0.25, 0.3) is 0 Å². The Morgan fingerprint density at radius 1 is 1.25 bits per heavy atom. The highest BCUT2D eigenvalue weighted by Crippen LogP contribution is 2.35. The van der Waals surface area contributed by atoms with Gasteiger partial charge in [0.15, 0.2) is 0 Å². The highest BCUT2D eigenvalue weighted by atomic mass is 35.5. The third-order valence-electron chi connectivity index (χ3n) is 3.13. The fraction of sp³-hybridized carbons (Fsp3) is 1.00. The first-order valence-corrected chi connectivity index (χ1v) is 5.55. The van der Waals surface area contributed by atoms with Crippen LogP contribution in [0.1, 0.15) is 47.5 Å². The smallest absolute Gasteiger partial charge is 0.0279 e. The largest absolute Gasteiger partial charge is 0.126 e. The van der Waals surface area contributed by atoms with E-state index in [4.69, 9.17) is 11.6 Å². The van der Waals surface area contributed by atoms with E-state index in [2.05, 4.69) is 34.6 Å². The van der Waals surface area contributed by atoms with Crippen molar-refractivity contribution in [1.82, 2.24) is 0 Å². The van der Waals surface area contributed by atoms with E-state index in [0.29, 0.717) is 5.41 Å². The molecule has 0 saturated carbocycles. The average Bonchev–Trinajstić information content (AvgIpc) is 2.02. The first-order chi connectivity index (χ1) is 5.46. The van der Waals surface area contributed by atoms with Crippen LogP contribution in [0.5, 0.6) is 0 Å². The molecule has 12 heavy (non-hydrogen) atoms. The summed E-state index contributed by atoms with van der Waals surface area (Å²) in [5, 5.41) is 0. The number of hydrogen-bond acceptors (Lipinski definition) is 0. The second kappa shape index (κ2) is 5.11. The Balaban J connectivity index is 4.11. The van der Waals surface area contributed by atoms with Gasteiger partial charge in [-0.05, 0) is 30.1 Å². The molecule has 0 nitrogen and oxygen atoms in total. The zero-order valence-corrected chi connectivity index (χ0v) is 9.91. The van der Waals surface area contributed by atoms with Gasteiger partial charge in [0.2, 0.25) is 0 Å². The summed E-state index contributed by atoms with van der Waals surface area (Å²) in [6.45, 7) is 11.4. The van der Waals surface area contributed by atoms with Crippen LogP contribution < -0.4 is 0 Å². The maximum atomic E-state index is 5.99. The standard InChI is InChI=1S/C11H23Cl/c1-6-11(5,8-12)10(4)7-9(2)3/h9-10H,6-8H2,1-5H3. The summed E-state index contributed by atoms with van der Waals surface area (Å²) in [6, 6.07) is 0. The molecule has 1 heteroatoms. The molecule has 74 valence electrons. The number of alkyl halides is 1. The number of hydrogen-bond donors (Lipinski definition) is 0. The molecule has 2 unspecified atom stereocenters. The Labute approximate surface area is 82.7 Å². The highest BCUT2D eigenvalue weighted by Gasteiger charge is 2.28. The minimum absolute atomic E-state index is 0.339. The number of rotatable bonds is 5. The third kappa shape index (κ3) is 3.35. The van der Waals surface area contributed by atoms with Gasteiger partial charge in [-0.15, -0.1) is 11.6 Å². The zero-order valence-electron chi connectivity index (χ0n) is 9.15. The lowest BCUT2D eigenvalue weighted by Crippen LogP contribution is -2.27. The lowest BCUT2D eigenvalue weighted by Gasteiger charge is -2.33. The van der Waals surface area contributed by atoms with Crippen LogP contribution in [0.25, 0.3) is 0 Å². The van der Waals surface area contributed by atoms with Gasteiger partial charge in [-0.2, -0.15) is 0 Å². The van der Waals surface area contributed by atoms with Crippen molar-refractivity contribution in [2.75, 3.05) is 5.88 Å². The van der Waals surface area contributed by atoms with E-state index in [1.807, 2.05) is 0 Å². The van der Waals surface area contributed by atoms with Crippen LogP contribution >= 0.6 is 11.6 Å². The number of halogens is 1. The summed E-state index contributed by atoms with van der Waals surface area (Å²) in [5.41, 5.74) is 0.339. The molecule has 0 aromatic heterocycles. The monoisotopic (exact) mass is 190 g/mol. The molecular formula is C11H23Cl. The van der Waals surface area contributed by atoms with Crippen molar-refractivity contribution in [3.8, 4) is 0 Å². The topological polar surface area (TPSA) is 0 Å². The van der Waals surface area contributed by atoms with Crippen LogP contribution in [-0.4, -0.2) is 5.88 Å². The van der Waals surface area contributed by atoms with Crippen molar-refractivity contribution in [3.05, 3.63) is 0 Å². The Morgan fingerprint density at radius 3 is 2.00 bits per heavy atom. The molecule has 0 aliphatic rings. The van der Waals surface area contributed by atoms with E-state index in [1.54, 1.807) is 0 Å². The van der Waals surface area contributed by atoms with E-state index in [0.717, 1.165) is 17.7 Å².